The molecule has 0 radical (unpaired) electrons. The highest BCUT2D eigenvalue weighted by Crippen LogP contribution is 2.19. The number of nitrogens with one attached hydrogen (secondary N) is 1. The molecule has 0 amide bonds. The van der Waals surface area contributed by atoms with Gasteiger partial charge in [0.15, 0.2) is 5.96 Å². The number of benzene rings is 1. The zero-order valence-corrected chi connectivity index (χ0v) is 14.8. The van der Waals surface area contributed by atoms with E-state index < -0.39 is 0 Å². The van der Waals surface area contributed by atoms with Crippen molar-refractivity contribution in [3.63, 3.8) is 0 Å². The van der Waals surface area contributed by atoms with Crippen molar-refractivity contribution in [3.05, 3.63) is 35.8 Å². The topological polar surface area (TPSA) is 57.4 Å². The summed E-state index contributed by atoms with van der Waals surface area (Å²) in [5, 5.41) is 1.06. The number of halogens is 2. The van der Waals surface area contributed by atoms with Gasteiger partial charge in [-0.2, -0.15) is 0 Å². The number of rotatable bonds is 3. The van der Waals surface area contributed by atoms with Gasteiger partial charge in [-0.15, -0.1) is 24.0 Å². The number of H-pyrrole nitrogens is 1. The third-order valence-corrected chi connectivity index (χ3v) is 4.06. The fourth-order valence-corrected chi connectivity index (χ4v) is 2.88. The minimum atomic E-state index is -0.219. The molecule has 1 aliphatic rings. The maximum atomic E-state index is 13.1. The highest BCUT2D eigenvalue weighted by atomic mass is 127. The van der Waals surface area contributed by atoms with Crippen LogP contribution >= 0.6 is 24.0 Å². The van der Waals surface area contributed by atoms with E-state index in [0.29, 0.717) is 12.5 Å². The van der Waals surface area contributed by atoms with Crippen LogP contribution in [-0.4, -0.2) is 35.5 Å². The van der Waals surface area contributed by atoms with Crippen LogP contribution in [0.15, 0.2) is 29.4 Å². The maximum Gasteiger partial charge on any atom is 0.191 e. The second kappa shape index (κ2) is 7.80. The maximum absolute atomic E-state index is 13.1. The Balaban J connectivity index is 0.00000176. The second-order valence-corrected chi connectivity index (χ2v) is 5.54. The number of hydrogen-bond donors (Lipinski definition) is 2. The first kappa shape index (κ1) is 17.1. The van der Waals surface area contributed by atoms with Crippen molar-refractivity contribution in [1.82, 2.24) is 9.88 Å². The Bertz CT molecular complexity index is 647. The lowest BCUT2D eigenvalue weighted by Gasteiger charge is -2.27. The highest BCUT2D eigenvalue weighted by molar-refractivity contribution is 14.0. The van der Waals surface area contributed by atoms with Gasteiger partial charge in [0.25, 0.3) is 0 Å². The summed E-state index contributed by atoms with van der Waals surface area (Å²) in [5.74, 6) is 0.434. The molecule has 0 unspecified atom stereocenters. The third-order valence-electron chi connectivity index (χ3n) is 4.06. The first-order chi connectivity index (χ1) is 10.2. The van der Waals surface area contributed by atoms with E-state index in [1.54, 1.807) is 0 Å². The van der Waals surface area contributed by atoms with Gasteiger partial charge in [0.2, 0.25) is 0 Å². The first-order valence-electron chi connectivity index (χ1n) is 7.54. The fourth-order valence-electron chi connectivity index (χ4n) is 2.88. The summed E-state index contributed by atoms with van der Waals surface area (Å²) >= 11 is 0. The molecule has 0 atom stereocenters. The van der Waals surface area contributed by atoms with Gasteiger partial charge in [0.05, 0.1) is 0 Å². The molecule has 6 heteroatoms. The monoisotopic (exact) mass is 416 g/mol. The molecule has 2 heterocycles. The molecule has 1 fully saturated rings. The zero-order chi connectivity index (χ0) is 14.7. The van der Waals surface area contributed by atoms with Crippen molar-refractivity contribution in [3.8, 4) is 0 Å². The van der Waals surface area contributed by atoms with Crippen LogP contribution in [0.2, 0.25) is 0 Å². The van der Waals surface area contributed by atoms with Crippen molar-refractivity contribution in [1.29, 1.82) is 0 Å². The standard InChI is InChI=1S/C16H21FN4.HI/c17-13-4-5-14-12(11-20-15(14)10-13)6-7-19-16(18)21-8-2-1-3-9-21;/h4-5,10-11,20H,1-3,6-9H2,(H2,18,19);1H. The fraction of sp³-hybridized carbons (Fsp3) is 0.438. The number of aromatic nitrogens is 1. The molecule has 1 aliphatic heterocycles. The summed E-state index contributed by atoms with van der Waals surface area (Å²) < 4.78 is 13.1. The lowest BCUT2D eigenvalue weighted by molar-refractivity contribution is 0.338. The minimum Gasteiger partial charge on any atom is -0.370 e. The van der Waals surface area contributed by atoms with Crippen LogP contribution in [0.3, 0.4) is 0 Å². The van der Waals surface area contributed by atoms with Crippen molar-refractivity contribution >= 4 is 40.8 Å². The molecular weight excluding hydrogens is 394 g/mol. The van der Waals surface area contributed by atoms with Gasteiger partial charge in [-0.05, 0) is 49.4 Å². The van der Waals surface area contributed by atoms with Crippen LogP contribution < -0.4 is 5.73 Å². The van der Waals surface area contributed by atoms with Crippen molar-refractivity contribution in [2.45, 2.75) is 25.7 Å². The summed E-state index contributed by atoms with van der Waals surface area (Å²) in [6.45, 7) is 2.69. The van der Waals surface area contributed by atoms with Crippen LogP contribution in [0, 0.1) is 5.82 Å². The average molecular weight is 416 g/mol. The Morgan fingerprint density at radius 2 is 2.05 bits per heavy atom. The van der Waals surface area contributed by atoms with Crippen LogP contribution in [0.25, 0.3) is 10.9 Å². The van der Waals surface area contributed by atoms with E-state index in [0.717, 1.165) is 36.0 Å². The first-order valence-corrected chi connectivity index (χ1v) is 7.54. The molecule has 120 valence electrons. The van der Waals surface area contributed by atoms with Gasteiger partial charge in [-0.25, -0.2) is 4.39 Å². The Morgan fingerprint density at radius 3 is 2.82 bits per heavy atom. The van der Waals surface area contributed by atoms with Crippen LogP contribution in [0.5, 0.6) is 0 Å². The molecule has 0 saturated carbocycles. The lowest BCUT2D eigenvalue weighted by Crippen LogP contribution is -2.41. The molecule has 0 spiro atoms. The molecular formula is C16H22FIN4. The van der Waals surface area contributed by atoms with Gasteiger partial charge >= 0.3 is 0 Å². The van der Waals surface area contributed by atoms with E-state index in [1.807, 2.05) is 12.3 Å². The number of likely N-dealkylation sites (tertiary alicyclic amines) is 1. The number of nitrogens with two attached hydrogens (primary N) is 1. The van der Waals surface area contributed by atoms with Crippen molar-refractivity contribution in [2.75, 3.05) is 19.6 Å². The number of aliphatic imine (C=N–C) groups is 1. The molecule has 3 N–H and O–H groups in total. The van der Waals surface area contributed by atoms with E-state index in [-0.39, 0.29) is 29.8 Å². The van der Waals surface area contributed by atoms with Crippen molar-refractivity contribution in [2.24, 2.45) is 10.7 Å². The normalized spacial score (nSPS) is 15.9. The van der Waals surface area contributed by atoms with Gasteiger partial charge in [-0.3, -0.25) is 4.99 Å². The molecule has 4 nitrogen and oxygen atoms in total. The lowest BCUT2D eigenvalue weighted by atomic mass is 10.1. The van der Waals surface area contributed by atoms with E-state index in [4.69, 9.17) is 5.73 Å². The summed E-state index contributed by atoms with van der Waals surface area (Å²) in [6.07, 6.45) is 6.42. The summed E-state index contributed by atoms with van der Waals surface area (Å²) in [4.78, 5) is 9.74. The van der Waals surface area contributed by atoms with Gasteiger partial charge in [0, 0.05) is 36.7 Å². The Hall–Kier alpha value is -1.31. The van der Waals surface area contributed by atoms with E-state index in [2.05, 4.69) is 14.9 Å². The average Bonchev–Trinajstić information content (AvgIpc) is 2.90. The molecule has 22 heavy (non-hydrogen) atoms. The van der Waals surface area contributed by atoms with Crippen LogP contribution in [-0.2, 0) is 6.42 Å². The van der Waals surface area contributed by atoms with Crippen LogP contribution in [0.4, 0.5) is 4.39 Å². The number of guanidine groups is 1. The predicted octanol–water partition coefficient (Wildman–Crippen LogP) is 3.27. The zero-order valence-electron chi connectivity index (χ0n) is 12.5. The number of piperidine rings is 1. The number of aromatic amines is 1. The summed E-state index contributed by atoms with van der Waals surface area (Å²) in [6, 6.07) is 4.82. The molecule has 2 aromatic rings. The molecule has 1 saturated heterocycles. The number of nitrogens with zero attached hydrogens (tertiary/aromatic N) is 2. The predicted molar refractivity (Wildman–Crippen MR) is 99.3 cm³/mol. The summed E-state index contributed by atoms with van der Waals surface area (Å²) in [5.41, 5.74) is 8.02. The quantitative estimate of drug-likeness (QED) is 0.459. The van der Waals surface area contributed by atoms with Crippen LogP contribution in [0.1, 0.15) is 24.8 Å². The molecule has 0 bridgehead atoms. The molecule has 1 aromatic carbocycles. The largest absolute Gasteiger partial charge is 0.370 e. The molecule has 3 rings (SSSR count). The van der Waals surface area contributed by atoms with E-state index in [9.17, 15) is 4.39 Å². The second-order valence-electron chi connectivity index (χ2n) is 5.54. The molecule has 0 aliphatic carbocycles. The van der Waals surface area contributed by atoms with Gasteiger partial charge in [-0.1, -0.05) is 0 Å². The highest BCUT2D eigenvalue weighted by Gasteiger charge is 2.11. The minimum absolute atomic E-state index is 0. The Labute approximate surface area is 147 Å². The number of hydrogen-bond acceptors (Lipinski definition) is 1. The SMILES string of the molecule is I.NC(=NCCc1c[nH]c2cc(F)ccc12)N1CCCCC1. The summed E-state index contributed by atoms with van der Waals surface area (Å²) in [7, 11) is 0. The van der Waals surface area contributed by atoms with E-state index >= 15 is 0 Å². The van der Waals surface area contributed by atoms with Crippen molar-refractivity contribution < 1.29 is 4.39 Å². The smallest absolute Gasteiger partial charge is 0.191 e. The number of fused-ring (bicyclic) bond motifs is 1. The Kier molecular flexibility index (Phi) is 6.05. The van der Waals surface area contributed by atoms with Gasteiger partial charge < -0.3 is 15.6 Å². The molecule has 1 aromatic heterocycles. The van der Waals surface area contributed by atoms with Gasteiger partial charge in [0.1, 0.15) is 5.82 Å². The third kappa shape index (κ3) is 3.91. The van der Waals surface area contributed by atoms with E-state index in [1.165, 1.54) is 31.4 Å². The Morgan fingerprint density at radius 1 is 1.27 bits per heavy atom.